The summed E-state index contributed by atoms with van der Waals surface area (Å²) in [4.78, 5) is 30.9. The highest BCUT2D eigenvalue weighted by molar-refractivity contribution is 7.99. The second kappa shape index (κ2) is 10.2. The van der Waals surface area contributed by atoms with Gasteiger partial charge in [0.1, 0.15) is 11.5 Å². The van der Waals surface area contributed by atoms with E-state index in [1.807, 2.05) is 24.3 Å². The molecule has 0 spiro atoms. The number of ether oxygens (including phenoxy) is 4. The summed E-state index contributed by atoms with van der Waals surface area (Å²) in [5, 5.41) is 3.79. The Hall–Kier alpha value is -4.18. The second-order valence-electron chi connectivity index (χ2n) is 7.89. The summed E-state index contributed by atoms with van der Waals surface area (Å²) in [6, 6.07) is 17.9. The van der Waals surface area contributed by atoms with E-state index in [0.29, 0.717) is 44.7 Å². The van der Waals surface area contributed by atoms with E-state index >= 15 is 0 Å². The fourth-order valence-electron chi connectivity index (χ4n) is 3.84. The minimum atomic E-state index is -0.263. The first-order valence-electron chi connectivity index (χ1n) is 11.1. The van der Waals surface area contributed by atoms with E-state index in [1.54, 1.807) is 48.1 Å². The van der Waals surface area contributed by atoms with Crippen LogP contribution in [0.2, 0.25) is 0 Å². The van der Waals surface area contributed by atoms with Crippen LogP contribution < -0.4 is 29.8 Å². The van der Waals surface area contributed by atoms with E-state index in [1.165, 1.54) is 18.9 Å². The fourth-order valence-corrected chi connectivity index (χ4v) is 4.64. The number of para-hydroxylation sites is 1. The van der Waals surface area contributed by atoms with Crippen LogP contribution in [-0.2, 0) is 11.3 Å². The van der Waals surface area contributed by atoms with Crippen LogP contribution in [0.5, 0.6) is 23.0 Å². The molecule has 10 heteroatoms. The minimum Gasteiger partial charge on any atom is -0.497 e. The van der Waals surface area contributed by atoms with Crippen LogP contribution in [0.15, 0.2) is 70.6 Å². The molecule has 0 aliphatic carbocycles. The maximum absolute atomic E-state index is 13.4. The van der Waals surface area contributed by atoms with E-state index in [9.17, 15) is 9.59 Å². The second-order valence-corrected chi connectivity index (χ2v) is 8.84. The van der Waals surface area contributed by atoms with E-state index < -0.39 is 0 Å². The first kappa shape index (κ1) is 23.6. The molecular formula is C26H23N3O6S. The third-order valence-corrected chi connectivity index (χ3v) is 6.60. The monoisotopic (exact) mass is 505 g/mol. The number of carbonyl (C=O) groups excluding carboxylic acids is 1. The SMILES string of the molecule is COc1ccc(NC(=O)CSc2nc3ccccc3c(=O)n2Cc2ccc3c(c2)OCO3)c(OC)c1. The number of carbonyl (C=O) groups is 1. The summed E-state index contributed by atoms with van der Waals surface area (Å²) < 4.78 is 23.0. The number of rotatable bonds is 8. The number of methoxy groups -OCH3 is 2. The molecule has 0 saturated heterocycles. The number of anilines is 1. The van der Waals surface area contributed by atoms with Crippen molar-refractivity contribution in [2.75, 3.05) is 32.1 Å². The van der Waals surface area contributed by atoms with Crippen molar-refractivity contribution < 1.29 is 23.7 Å². The van der Waals surface area contributed by atoms with Gasteiger partial charge in [0, 0.05) is 6.07 Å². The van der Waals surface area contributed by atoms with Crippen LogP contribution in [-0.4, -0.2) is 42.2 Å². The maximum Gasteiger partial charge on any atom is 0.262 e. The average molecular weight is 506 g/mol. The summed E-state index contributed by atoms with van der Waals surface area (Å²) >= 11 is 1.19. The molecule has 3 aromatic carbocycles. The van der Waals surface area contributed by atoms with Crippen molar-refractivity contribution in [2.45, 2.75) is 11.7 Å². The van der Waals surface area contributed by atoms with Crippen molar-refractivity contribution >= 4 is 34.3 Å². The average Bonchev–Trinajstić information content (AvgIpc) is 3.37. The molecule has 184 valence electrons. The largest absolute Gasteiger partial charge is 0.497 e. The van der Waals surface area contributed by atoms with Crippen LogP contribution in [0.4, 0.5) is 5.69 Å². The lowest BCUT2D eigenvalue weighted by Crippen LogP contribution is -2.25. The van der Waals surface area contributed by atoms with Crippen LogP contribution >= 0.6 is 11.8 Å². The molecule has 0 radical (unpaired) electrons. The predicted molar refractivity (Wildman–Crippen MR) is 137 cm³/mol. The van der Waals surface area contributed by atoms with E-state index in [-0.39, 0.29) is 30.6 Å². The summed E-state index contributed by atoms with van der Waals surface area (Å²) in [5.41, 5.74) is 1.77. The first-order chi connectivity index (χ1) is 17.6. The number of aromatic nitrogens is 2. The third-order valence-electron chi connectivity index (χ3n) is 5.62. The number of nitrogens with one attached hydrogen (secondary N) is 1. The van der Waals surface area contributed by atoms with Gasteiger partial charge in [-0.1, -0.05) is 30.0 Å². The van der Waals surface area contributed by atoms with E-state index in [0.717, 1.165) is 5.56 Å². The molecule has 0 unspecified atom stereocenters. The van der Waals surface area contributed by atoms with Crippen LogP contribution in [0, 0.1) is 0 Å². The van der Waals surface area contributed by atoms with Crippen molar-refractivity contribution in [1.82, 2.24) is 9.55 Å². The lowest BCUT2D eigenvalue weighted by Gasteiger charge is -2.14. The normalized spacial score (nSPS) is 11.9. The standard InChI is InChI=1S/C26H23N3O6S/c1-32-17-8-9-20(22(12-17)33-2)27-24(30)14-36-26-28-19-6-4-3-5-18(19)25(31)29(26)13-16-7-10-21-23(11-16)35-15-34-21/h3-12H,13-15H2,1-2H3,(H,27,30). The molecular weight excluding hydrogens is 482 g/mol. The highest BCUT2D eigenvalue weighted by Gasteiger charge is 2.17. The zero-order valence-electron chi connectivity index (χ0n) is 19.6. The van der Waals surface area contributed by atoms with Crippen molar-refractivity contribution in [3.63, 3.8) is 0 Å². The zero-order valence-corrected chi connectivity index (χ0v) is 20.5. The number of hydrogen-bond donors (Lipinski definition) is 1. The molecule has 36 heavy (non-hydrogen) atoms. The molecule has 1 aromatic heterocycles. The molecule has 9 nitrogen and oxygen atoms in total. The number of nitrogens with zero attached hydrogens (tertiary/aromatic N) is 2. The number of benzene rings is 3. The van der Waals surface area contributed by atoms with Crippen molar-refractivity contribution in [1.29, 1.82) is 0 Å². The molecule has 0 fully saturated rings. The van der Waals surface area contributed by atoms with Crippen molar-refractivity contribution in [3.8, 4) is 23.0 Å². The smallest absolute Gasteiger partial charge is 0.262 e. The lowest BCUT2D eigenvalue weighted by molar-refractivity contribution is -0.113. The van der Waals surface area contributed by atoms with Gasteiger partial charge in [0.15, 0.2) is 16.7 Å². The zero-order chi connectivity index (χ0) is 25.1. The topological polar surface area (TPSA) is 101 Å². The molecule has 5 rings (SSSR count). The van der Waals surface area contributed by atoms with E-state index in [2.05, 4.69) is 10.3 Å². The van der Waals surface area contributed by atoms with Gasteiger partial charge in [0.25, 0.3) is 5.56 Å². The molecule has 1 aliphatic heterocycles. The number of thioether (sulfide) groups is 1. The Labute approximate surface area is 211 Å². The summed E-state index contributed by atoms with van der Waals surface area (Å²) in [6.07, 6.45) is 0. The summed E-state index contributed by atoms with van der Waals surface area (Å²) in [5.74, 6) is 2.18. The maximum atomic E-state index is 13.4. The van der Waals surface area contributed by atoms with E-state index in [4.69, 9.17) is 18.9 Å². The highest BCUT2D eigenvalue weighted by atomic mass is 32.2. The molecule has 0 atom stereocenters. The van der Waals surface area contributed by atoms with Gasteiger partial charge in [-0.2, -0.15) is 0 Å². The van der Waals surface area contributed by atoms with Gasteiger partial charge in [0.2, 0.25) is 12.7 Å². The number of hydrogen-bond acceptors (Lipinski definition) is 8. The van der Waals surface area contributed by atoms with Gasteiger partial charge < -0.3 is 24.3 Å². The minimum absolute atomic E-state index is 0.0428. The molecule has 0 bridgehead atoms. The van der Waals surface area contributed by atoms with Gasteiger partial charge >= 0.3 is 0 Å². The Balaban J connectivity index is 1.40. The Kier molecular flexibility index (Phi) is 6.68. The Morgan fingerprint density at radius 3 is 2.72 bits per heavy atom. The summed E-state index contributed by atoms with van der Waals surface area (Å²) in [7, 11) is 3.08. The van der Waals surface area contributed by atoms with Gasteiger partial charge in [-0.15, -0.1) is 0 Å². The van der Waals surface area contributed by atoms with Crippen molar-refractivity contribution in [3.05, 3.63) is 76.6 Å². The summed E-state index contributed by atoms with van der Waals surface area (Å²) in [6.45, 7) is 0.440. The molecule has 1 N–H and O–H groups in total. The van der Waals surface area contributed by atoms with Crippen LogP contribution in [0.3, 0.4) is 0 Å². The molecule has 1 amide bonds. The molecule has 4 aromatic rings. The highest BCUT2D eigenvalue weighted by Crippen LogP contribution is 2.33. The molecule has 2 heterocycles. The lowest BCUT2D eigenvalue weighted by atomic mass is 10.2. The fraction of sp³-hybridized carbons (Fsp3) is 0.192. The number of amides is 1. The van der Waals surface area contributed by atoms with Crippen LogP contribution in [0.1, 0.15) is 5.56 Å². The van der Waals surface area contributed by atoms with Crippen molar-refractivity contribution in [2.24, 2.45) is 0 Å². The third kappa shape index (κ3) is 4.80. The first-order valence-corrected chi connectivity index (χ1v) is 12.1. The molecule has 1 aliphatic rings. The Bertz CT molecular complexity index is 1500. The molecule has 0 saturated carbocycles. The Morgan fingerprint density at radius 1 is 1.06 bits per heavy atom. The van der Waals surface area contributed by atoms with Crippen LogP contribution in [0.25, 0.3) is 10.9 Å². The quantitative estimate of drug-likeness (QED) is 0.284. The predicted octanol–water partition coefficient (Wildman–Crippen LogP) is 3.92. The van der Waals surface area contributed by atoms with Gasteiger partial charge in [-0.05, 0) is 42.0 Å². The van der Waals surface area contributed by atoms with Gasteiger partial charge in [-0.3, -0.25) is 14.2 Å². The van der Waals surface area contributed by atoms with Gasteiger partial charge in [-0.25, -0.2) is 4.98 Å². The number of fused-ring (bicyclic) bond motifs is 2. The Morgan fingerprint density at radius 2 is 1.89 bits per heavy atom. The van der Waals surface area contributed by atoms with Gasteiger partial charge in [0.05, 0.1) is 43.1 Å².